The highest BCUT2D eigenvalue weighted by molar-refractivity contribution is 5.89. The molecule has 4 atom stereocenters. The van der Waals surface area contributed by atoms with Crippen molar-refractivity contribution in [3.63, 3.8) is 0 Å². The fourth-order valence-electron chi connectivity index (χ4n) is 4.44. The molecular weight excluding hydrogens is 338 g/mol. The molecule has 1 aromatic carbocycles. The highest BCUT2D eigenvalue weighted by Gasteiger charge is 2.40. The van der Waals surface area contributed by atoms with Gasteiger partial charge in [0.1, 0.15) is 0 Å². The quantitative estimate of drug-likeness (QED) is 0.732. The molecular formula is C21H35N5O. The number of piperidine rings is 3. The summed E-state index contributed by atoms with van der Waals surface area (Å²) in [6, 6.07) is 9.99. The molecule has 0 saturated carbocycles. The first-order valence-corrected chi connectivity index (χ1v) is 10.2. The van der Waals surface area contributed by atoms with Gasteiger partial charge in [-0.15, -0.1) is 0 Å². The van der Waals surface area contributed by atoms with Crippen LogP contribution >= 0.6 is 0 Å². The summed E-state index contributed by atoms with van der Waals surface area (Å²) < 4.78 is 0. The number of rotatable bonds is 8. The first kappa shape index (κ1) is 20.1. The number of nitrogens with one attached hydrogen (secondary N) is 2. The second-order valence-electron chi connectivity index (χ2n) is 8.46. The first-order chi connectivity index (χ1) is 13.0. The van der Waals surface area contributed by atoms with Crippen LogP contribution in [0.2, 0.25) is 0 Å². The molecule has 4 rings (SSSR count). The molecule has 0 aliphatic carbocycles. The molecule has 6 nitrogen and oxygen atoms in total. The van der Waals surface area contributed by atoms with Gasteiger partial charge in [-0.05, 0) is 64.5 Å². The fourth-order valence-corrected chi connectivity index (χ4v) is 4.44. The fraction of sp³-hybridized carbons (Fsp3) is 0.667. The van der Waals surface area contributed by atoms with E-state index in [2.05, 4.69) is 46.5 Å². The Bertz CT molecular complexity index is 593. The number of benzene rings is 1. The minimum Gasteiger partial charge on any atom is -0.336 e. The summed E-state index contributed by atoms with van der Waals surface area (Å²) in [5, 5.41) is 5.97. The summed E-state index contributed by atoms with van der Waals surface area (Å²) in [6.45, 7) is 6.50. The van der Waals surface area contributed by atoms with Gasteiger partial charge in [0, 0.05) is 44.5 Å². The number of carbonyl (C=O) groups is 1. The molecule has 3 heterocycles. The zero-order chi connectivity index (χ0) is 19.2. The van der Waals surface area contributed by atoms with Crippen molar-refractivity contribution < 1.29 is 4.79 Å². The van der Waals surface area contributed by atoms with Gasteiger partial charge in [-0.25, -0.2) is 4.79 Å². The van der Waals surface area contributed by atoms with Crippen LogP contribution in [0.15, 0.2) is 30.3 Å². The summed E-state index contributed by atoms with van der Waals surface area (Å²) in [7, 11) is 6.51. The molecule has 4 unspecified atom stereocenters. The molecule has 0 radical (unpaired) electrons. The summed E-state index contributed by atoms with van der Waals surface area (Å²) in [6.07, 6.45) is 2.51. The van der Waals surface area contributed by atoms with Crippen molar-refractivity contribution in [1.29, 1.82) is 0 Å². The molecule has 0 spiro atoms. The van der Waals surface area contributed by atoms with Crippen molar-refractivity contribution >= 4 is 11.7 Å². The maximum atomic E-state index is 12.1. The lowest BCUT2D eigenvalue weighted by Gasteiger charge is -2.50. The van der Waals surface area contributed by atoms with E-state index in [1.54, 1.807) is 0 Å². The second-order valence-corrected chi connectivity index (χ2v) is 8.46. The van der Waals surface area contributed by atoms with Crippen LogP contribution in [0.1, 0.15) is 12.8 Å². The Morgan fingerprint density at radius 1 is 1.19 bits per heavy atom. The van der Waals surface area contributed by atoms with E-state index < -0.39 is 0 Å². The zero-order valence-electron chi connectivity index (χ0n) is 17.0. The van der Waals surface area contributed by atoms with Gasteiger partial charge < -0.3 is 20.4 Å². The van der Waals surface area contributed by atoms with E-state index in [1.165, 1.54) is 32.5 Å². The molecule has 3 aliphatic heterocycles. The SMILES string of the molecule is CN(C)CCN(C)CC1CN2CCC1CC2CNC(=O)Nc1ccccc1. The van der Waals surface area contributed by atoms with Crippen molar-refractivity contribution in [3.8, 4) is 0 Å². The van der Waals surface area contributed by atoms with Crippen molar-refractivity contribution in [3.05, 3.63) is 30.3 Å². The van der Waals surface area contributed by atoms with E-state index in [0.717, 1.165) is 37.2 Å². The number of carbonyl (C=O) groups excluding carboxylic acids is 1. The number of urea groups is 1. The average Bonchev–Trinajstić information content (AvgIpc) is 2.66. The summed E-state index contributed by atoms with van der Waals surface area (Å²) in [5.41, 5.74) is 0.835. The van der Waals surface area contributed by atoms with Crippen molar-refractivity contribution in [2.24, 2.45) is 11.8 Å². The maximum Gasteiger partial charge on any atom is 0.319 e. The molecule has 6 heteroatoms. The van der Waals surface area contributed by atoms with Gasteiger partial charge in [-0.3, -0.25) is 4.90 Å². The minimum atomic E-state index is -0.108. The van der Waals surface area contributed by atoms with Gasteiger partial charge in [-0.2, -0.15) is 0 Å². The Labute approximate surface area is 163 Å². The Balaban J connectivity index is 1.41. The lowest BCUT2D eigenvalue weighted by molar-refractivity contribution is -0.00849. The second kappa shape index (κ2) is 9.53. The third-order valence-corrected chi connectivity index (χ3v) is 6.02. The van der Waals surface area contributed by atoms with E-state index in [1.807, 2.05) is 30.3 Å². The van der Waals surface area contributed by atoms with Crippen LogP contribution in [0.25, 0.3) is 0 Å². The molecule has 1 aromatic rings. The number of nitrogens with zero attached hydrogens (tertiary/aromatic N) is 3. The molecule has 2 N–H and O–H groups in total. The highest BCUT2D eigenvalue weighted by atomic mass is 16.2. The molecule has 150 valence electrons. The highest BCUT2D eigenvalue weighted by Crippen LogP contribution is 2.36. The Kier molecular flexibility index (Phi) is 7.10. The van der Waals surface area contributed by atoms with E-state index in [4.69, 9.17) is 0 Å². The number of para-hydroxylation sites is 1. The van der Waals surface area contributed by atoms with Gasteiger partial charge in [-0.1, -0.05) is 18.2 Å². The molecule has 3 fully saturated rings. The summed E-state index contributed by atoms with van der Waals surface area (Å²) in [4.78, 5) is 19.5. The van der Waals surface area contributed by atoms with Crippen LogP contribution in [-0.4, -0.2) is 87.2 Å². The molecule has 3 aliphatic rings. The zero-order valence-corrected chi connectivity index (χ0v) is 17.0. The van der Waals surface area contributed by atoms with Gasteiger partial charge in [0.05, 0.1) is 0 Å². The molecule has 2 bridgehead atoms. The first-order valence-electron chi connectivity index (χ1n) is 10.2. The molecule has 3 saturated heterocycles. The monoisotopic (exact) mass is 373 g/mol. The third-order valence-electron chi connectivity index (χ3n) is 6.02. The van der Waals surface area contributed by atoms with E-state index in [-0.39, 0.29) is 6.03 Å². The van der Waals surface area contributed by atoms with Crippen LogP contribution in [0.5, 0.6) is 0 Å². The number of fused-ring (bicyclic) bond motifs is 3. The van der Waals surface area contributed by atoms with Gasteiger partial charge in [0.25, 0.3) is 0 Å². The van der Waals surface area contributed by atoms with Crippen LogP contribution in [0, 0.1) is 11.8 Å². The Morgan fingerprint density at radius 3 is 2.63 bits per heavy atom. The van der Waals surface area contributed by atoms with Crippen LogP contribution in [0.4, 0.5) is 10.5 Å². The summed E-state index contributed by atoms with van der Waals surface area (Å²) >= 11 is 0. The largest absolute Gasteiger partial charge is 0.336 e. The maximum absolute atomic E-state index is 12.1. The Morgan fingerprint density at radius 2 is 1.96 bits per heavy atom. The van der Waals surface area contributed by atoms with E-state index in [9.17, 15) is 4.79 Å². The minimum absolute atomic E-state index is 0.108. The molecule has 27 heavy (non-hydrogen) atoms. The average molecular weight is 374 g/mol. The normalized spacial score (nSPS) is 27.1. The van der Waals surface area contributed by atoms with E-state index in [0.29, 0.717) is 6.04 Å². The molecule has 2 amide bonds. The van der Waals surface area contributed by atoms with E-state index >= 15 is 0 Å². The van der Waals surface area contributed by atoms with Gasteiger partial charge >= 0.3 is 6.03 Å². The van der Waals surface area contributed by atoms with Crippen molar-refractivity contribution in [2.45, 2.75) is 18.9 Å². The molecule has 0 aromatic heterocycles. The lowest BCUT2D eigenvalue weighted by Crippen LogP contribution is -2.58. The number of hydrogen-bond donors (Lipinski definition) is 2. The van der Waals surface area contributed by atoms with Crippen molar-refractivity contribution in [1.82, 2.24) is 20.0 Å². The van der Waals surface area contributed by atoms with Crippen LogP contribution < -0.4 is 10.6 Å². The third kappa shape index (κ3) is 5.92. The van der Waals surface area contributed by atoms with Crippen LogP contribution in [-0.2, 0) is 0 Å². The summed E-state index contributed by atoms with van der Waals surface area (Å²) in [5.74, 6) is 1.56. The number of likely N-dealkylation sites (N-methyl/N-ethyl adjacent to an activating group) is 2. The van der Waals surface area contributed by atoms with Crippen molar-refractivity contribution in [2.75, 3.05) is 65.7 Å². The number of anilines is 1. The number of amides is 2. The smallest absolute Gasteiger partial charge is 0.319 e. The standard InChI is InChI=1S/C21H35N5O/c1-24(2)11-12-25(3)15-18-16-26-10-9-17(18)13-20(26)14-22-21(27)23-19-7-5-4-6-8-19/h4-8,17-18,20H,9-16H2,1-3H3,(H2,22,23,27). The lowest BCUT2D eigenvalue weighted by atomic mass is 9.75. The predicted molar refractivity (Wildman–Crippen MR) is 111 cm³/mol. The van der Waals surface area contributed by atoms with Crippen LogP contribution in [0.3, 0.4) is 0 Å². The Hall–Kier alpha value is -1.63. The predicted octanol–water partition coefficient (Wildman–Crippen LogP) is 2.01. The number of hydrogen-bond acceptors (Lipinski definition) is 4. The topological polar surface area (TPSA) is 50.9 Å². The van der Waals surface area contributed by atoms with Gasteiger partial charge in [0.2, 0.25) is 0 Å². The van der Waals surface area contributed by atoms with Gasteiger partial charge in [0.15, 0.2) is 0 Å².